The maximum absolute atomic E-state index is 12.4. The molecule has 0 spiro atoms. The van der Waals surface area contributed by atoms with Crippen LogP contribution in [0.15, 0.2) is 54.6 Å². The van der Waals surface area contributed by atoms with E-state index in [9.17, 15) is 19.2 Å². The molecule has 0 heterocycles. The van der Waals surface area contributed by atoms with Crippen LogP contribution >= 0.6 is 0 Å². The molecule has 0 radical (unpaired) electrons. The van der Waals surface area contributed by atoms with Gasteiger partial charge >= 0.3 is 18.0 Å². The van der Waals surface area contributed by atoms with Crippen molar-refractivity contribution in [2.75, 3.05) is 14.2 Å². The second-order valence-corrected chi connectivity index (χ2v) is 5.33. The summed E-state index contributed by atoms with van der Waals surface area (Å²) in [4.78, 5) is 47.6. The van der Waals surface area contributed by atoms with Crippen molar-refractivity contribution >= 4 is 23.9 Å². The van der Waals surface area contributed by atoms with Crippen LogP contribution in [0.3, 0.4) is 0 Å². The minimum Gasteiger partial charge on any atom is -0.465 e. The Morgan fingerprint density at radius 2 is 1.41 bits per heavy atom. The first-order chi connectivity index (χ1) is 13.0. The number of nitrogens with one attached hydrogen (secondary N) is 2. The number of urea groups is 1. The molecule has 3 amide bonds. The minimum atomic E-state index is -1.32. The highest BCUT2D eigenvalue weighted by molar-refractivity contribution is 5.99. The van der Waals surface area contributed by atoms with Gasteiger partial charge in [0.15, 0.2) is 0 Å². The summed E-state index contributed by atoms with van der Waals surface area (Å²) in [7, 11) is 2.61. The number of rotatable bonds is 5. The average molecular weight is 370 g/mol. The number of carbonyl (C=O) groups is 4. The van der Waals surface area contributed by atoms with E-state index < -0.39 is 30.0 Å². The SMILES string of the molecule is CNC(=O)NC(=O)[C@@H](OC(=O)c1ccc(C(=O)OC)cc1)c1ccccc1. The summed E-state index contributed by atoms with van der Waals surface area (Å²) in [6.45, 7) is 0. The van der Waals surface area contributed by atoms with Gasteiger partial charge in [-0.25, -0.2) is 14.4 Å². The molecular formula is C19H18N2O6. The van der Waals surface area contributed by atoms with E-state index in [1.807, 2.05) is 0 Å². The van der Waals surface area contributed by atoms with Crippen LogP contribution in [0.2, 0.25) is 0 Å². The molecule has 0 fully saturated rings. The van der Waals surface area contributed by atoms with Crippen LogP contribution in [0.1, 0.15) is 32.4 Å². The van der Waals surface area contributed by atoms with Crippen LogP contribution in [0, 0.1) is 0 Å². The summed E-state index contributed by atoms with van der Waals surface area (Å²) < 4.78 is 9.90. The Balaban J connectivity index is 2.21. The lowest BCUT2D eigenvalue weighted by atomic mass is 10.1. The Labute approximate surface area is 155 Å². The van der Waals surface area contributed by atoms with E-state index in [0.29, 0.717) is 5.56 Å². The molecule has 0 aliphatic carbocycles. The van der Waals surface area contributed by atoms with Crippen LogP contribution in [-0.4, -0.2) is 38.0 Å². The lowest BCUT2D eigenvalue weighted by Crippen LogP contribution is -2.41. The number of methoxy groups -OCH3 is 1. The molecule has 0 saturated heterocycles. The monoisotopic (exact) mass is 370 g/mol. The molecule has 2 aromatic carbocycles. The number of carbonyl (C=O) groups excluding carboxylic acids is 4. The molecule has 0 aromatic heterocycles. The number of esters is 2. The Bertz CT molecular complexity index is 833. The van der Waals surface area contributed by atoms with Crippen LogP contribution < -0.4 is 10.6 Å². The summed E-state index contributed by atoms with van der Waals surface area (Å²) >= 11 is 0. The number of hydrogen-bond donors (Lipinski definition) is 2. The molecule has 2 N–H and O–H groups in total. The van der Waals surface area contributed by atoms with Crippen LogP contribution in [0.25, 0.3) is 0 Å². The first-order valence-corrected chi connectivity index (χ1v) is 7.93. The molecule has 0 aliphatic rings. The maximum atomic E-state index is 12.4. The van der Waals surface area contributed by atoms with E-state index in [2.05, 4.69) is 15.4 Å². The Kier molecular flexibility index (Phi) is 6.65. The molecule has 8 heteroatoms. The summed E-state index contributed by atoms with van der Waals surface area (Å²) in [5, 5.41) is 4.34. The minimum absolute atomic E-state index is 0.135. The summed E-state index contributed by atoms with van der Waals surface area (Å²) in [5.74, 6) is -2.12. The third-order valence-corrected chi connectivity index (χ3v) is 3.57. The molecular weight excluding hydrogens is 352 g/mol. The van der Waals surface area contributed by atoms with Gasteiger partial charge in [0.05, 0.1) is 18.2 Å². The van der Waals surface area contributed by atoms with E-state index in [0.717, 1.165) is 0 Å². The first kappa shape index (κ1) is 19.6. The molecule has 27 heavy (non-hydrogen) atoms. The molecule has 2 rings (SSSR count). The Morgan fingerprint density at radius 3 is 1.93 bits per heavy atom. The van der Waals surface area contributed by atoms with Gasteiger partial charge in [0.1, 0.15) is 0 Å². The van der Waals surface area contributed by atoms with Gasteiger partial charge in [-0.05, 0) is 24.3 Å². The van der Waals surface area contributed by atoms with E-state index in [4.69, 9.17) is 4.74 Å². The normalized spacial score (nSPS) is 11.0. The van der Waals surface area contributed by atoms with Crippen molar-refractivity contribution < 1.29 is 28.7 Å². The quantitative estimate of drug-likeness (QED) is 0.777. The highest BCUT2D eigenvalue weighted by Gasteiger charge is 2.27. The van der Waals surface area contributed by atoms with Crippen molar-refractivity contribution in [3.63, 3.8) is 0 Å². The van der Waals surface area contributed by atoms with Gasteiger partial charge in [-0.2, -0.15) is 0 Å². The van der Waals surface area contributed by atoms with Crippen molar-refractivity contribution in [1.82, 2.24) is 10.6 Å². The van der Waals surface area contributed by atoms with E-state index in [-0.39, 0.29) is 11.1 Å². The van der Waals surface area contributed by atoms with Crippen LogP contribution in [-0.2, 0) is 14.3 Å². The predicted octanol–water partition coefficient (Wildman–Crippen LogP) is 1.83. The first-order valence-electron chi connectivity index (χ1n) is 7.93. The predicted molar refractivity (Wildman–Crippen MR) is 95.0 cm³/mol. The third kappa shape index (κ3) is 5.15. The number of amides is 3. The molecule has 1 atom stereocenters. The second-order valence-electron chi connectivity index (χ2n) is 5.33. The van der Waals surface area contributed by atoms with E-state index >= 15 is 0 Å². The highest BCUT2D eigenvalue weighted by atomic mass is 16.5. The number of benzene rings is 2. The van der Waals surface area contributed by atoms with Crippen molar-refractivity contribution in [3.8, 4) is 0 Å². The molecule has 0 aliphatic heterocycles. The van der Waals surface area contributed by atoms with Gasteiger partial charge in [0.25, 0.3) is 5.91 Å². The maximum Gasteiger partial charge on any atom is 0.339 e. The number of hydrogen-bond acceptors (Lipinski definition) is 6. The van der Waals surface area contributed by atoms with Gasteiger partial charge < -0.3 is 14.8 Å². The second kappa shape index (κ2) is 9.14. The average Bonchev–Trinajstić information content (AvgIpc) is 2.71. The molecule has 140 valence electrons. The fourth-order valence-electron chi connectivity index (χ4n) is 2.18. The van der Waals surface area contributed by atoms with Gasteiger partial charge in [0, 0.05) is 12.6 Å². The topological polar surface area (TPSA) is 111 Å². The molecule has 0 saturated carbocycles. The molecule has 8 nitrogen and oxygen atoms in total. The summed E-state index contributed by atoms with van der Waals surface area (Å²) in [6.07, 6.45) is -1.32. The van der Waals surface area contributed by atoms with Gasteiger partial charge in [0.2, 0.25) is 6.10 Å². The zero-order valence-corrected chi connectivity index (χ0v) is 14.7. The fraction of sp³-hybridized carbons (Fsp3) is 0.158. The summed E-state index contributed by atoms with van der Waals surface area (Å²) in [6, 6.07) is 13.1. The van der Waals surface area contributed by atoms with Crippen molar-refractivity contribution in [1.29, 1.82) is 0 Å². The zero-order chi connectivity index (χ0) is 19.8. The van der Waals surface area contributed by atoms with Crippen LogP contribution in [0.4, 0.5) is 4.79 Å². The molecule has 0 unspecified atom stereocenters. The molecule has 0 bridgehead atoms. The highest BCUT2D eigenvalue weighted by Crippen LogP contribution is 2.20. The number of ether oxygens (including phenoxy) is 2. The molecule has 2 aromatic rings. The van der Waals surface area contributed by atoms with Gasteiger partial charge in [-0.15, -0.1) is 0 Å². The van der Waals surface area contributed by atoms with E-state index in [1.54, 1.807) is 30.3 Å². The number of imide groups is 1. The van der Waals surface area contributed by atoms with Crippen molar-refractivity contribution in [2.24, 2.45) is 0 Å². The van der Waals surface area contributed by atoms with E-state index in [1.165, 1.54) is 38.4 Å². The lowest BCUT2D eigenvalue weighted by Gasteiger charge is -2.17. The largest absolute Gasteiger partial charge is 0.465 e. The third-order valence-electron chi connectivity index (χ3n) is 3.57. The zero-order valence-electron chi connectivity index (χ0n) is 14.7. The van der Waals surface area contributed by atoms with Crippen molar-refractivity contribution in [2.45, 2.75) is 6.10 Å². The lowest BCUT2D eigenvalue weighted by molar-refractivity contribution is -0.129. The Morgan fingerprint density at radius 1 is 0.852 bits per heavy atom. The fourth-order valence-corrected chi connectivity index (χ4v) is 2.18. The smallest absolute Gasteiger partial charge is 0.339 e. The van der Waals surface area contributed by atoms with Crippen LogP contribution in [0.5, 0.6) is 0 Å². The van der Waals surface area contributed by atoms with Crippen molar-refractivity contribution in [3.05, 3.63) is 71.3 Å². The standard InChI is InChI=1S/C19H18N2O6/c1-20-19(25)21-16(22)15(12-6-4-3-5-7-12)27-18(24)14-10-8-13(9-11-14)17(23)26-2/h3-11,15H,1-2H3,(H2,20,21,22,25)/t15-/m0/s1. The Hall–Kier alpha value is -3.68. The van der Waals surface area contributed by atoms with Gasteiger partial charge in [-0.3, -0.25) is 10.1 Å². The van der Waals surface area contributed by atoms with Gasteiger partial charge in [-0.1, -0.05) is 30.3 Å². The summed E-state index contributed by atoms with van der Waals surface area (Å²) in [5.41, 5.74) is 0.806.